The molecular formula is C12H16ClN. The van der Waals surface area contributed by atoms with Gasteiger partial charge in [-0.15, -0.1) is 0 Å². The highest BCUT2D eigenvalue weighted by molar-refractivity contribution is 6.31. The minimum atomic E-state index is 0.365. The highest BCUT2D eigenvalue weighted by Crippen LogP contribution is 2.29. The van der Waals surface area contributed by atoms with E-state index in [1.807, 2.05) is 18.2 Å². The second kappa shape index (κ2) is 4.33. The first-order chi connectivity index (χ1) is 6.77. The van der Waals surface area contributed by atoms with E-state index < -0.39 is 0 Å². The van der Waals surface area contributed by atoms with E-state index in [0.717, 1.165) is 17.5 Å². The Hall–Kier alpha value is -0.530. The molecule has 1 aromatic carbocycles. The molecule has 0 amide bonds. The number of rotatable bonds is 4. The Morgan fingerprint density at radius 3 is 2.79 bits per heavy atom. The Morgan fingerprint density at radius 2 is 2.14 bits per heavy atom. The lowest BCUT2D eigenvalue weighted by Crippen LogP contribution is -2.21. The van der Waals surface area contributed by atoms with Crippen molar-refractivity contribution in [2.45, 2.75) is 25.8 Å². The maximum Gasteiger partial charge on any atom is 0.0453 e. The summed E-state index contributed by atoms with van der Waals surface area (Å²) < 4.78 is 0. The molecule has 0 aromatic heterocycles. The minimum absolute atomic E-state index is 0.365. The maximum absolute atomic E-state index is 6.11. The van der Waals surface area contributed by atoms with Crippen molar-refractivity contribution in [1.29, 1.82) is 0 Å². The highest BCUT2D eigenvalue weighted by Gasteiger charge is 2.21. The van der Waals surface area contributed by atoms with Crippen LogP contribution >= 0.6 is 11.6 Å². The van der Waals surface area contributed by atoms with Gasteiger partial charge in [-0.3, -0.25) is 0 Å². The molecule has 1 aliphatic rings. The molecule has 1 aliphatic carbocycles. The van der Waals surface area contributed by atoms with Crippen molar-refractivity contribution >= 4 is 11.6 Å². The zero-order chi connectivity index (χ0) is 9.97. The summed E-state index contributed by atoms with van der Waals surface area (Å²) in [4.78, 5) is 0. The summed E-state index contributed by atoms with van der Waals surface area (Å²) in [5.74, 6) is 0.917. The van der Waals surface area contributed by atoms with Gasteiger partial charge < -0.3 is 5.32 Å². The lowest BCUT2D eigenvalue weighted by molar-refractivity contribution is 0.549. The third kappa shape index (κ3) is 2.49. The Morgan fingerprint density at radius 1 is 1.43 bits per heavy atom. The molecule has 1 N–H and O–H groups in total. The number of halogens is 1. The summed E-state index contributed by atoms with van der Waals surface area (Å²) >= 11 is 6.11. The first-order valence-electron chi connectivity index (χ1n) is 5.25. The molecule has 14 heavy (non-hydrogen) atoms. The Kier molecular flexibility index (Phi) is 3.09. The zero-order valence-electron chi connectivity index (χ0n) is 8.46. The van der Waals surface area contributed by atoms with Crippen molar-refractivity contribution in [2.24, 2.45) is 5.92 Å². The molecule has 76 valence electrons. The van der Waals surface area contributed by atoms with E-state index in [-0.39, 0.29) is 0 Å². The molecule has 2 heteroatoms. The maximum atomic E-state index is 6.11. The summed E-state index contributed by atoms with van der Waals surface area (Å²) in [5, 5.41) is 4.38. The van der Waals surface area contributed by atoms with E-state index in [9.17, 15) is 0 Å². The largest absolute Gasteiger partial charge is 0.310 e. The summed E-state index contributed by atoms with van der Waals surface area (Å²) in [6.07, 6.45) is 2.78. The van der Waals surface area contributed by atoms with Gasteiger partial charge in [-0.2, -0.15) is 0 Å². The predicted octanol–water partition coefficient (Wildman–Crippen LogP) is 3.40. The summed E-state index contributed by atoms with van der Waals surface area (Å²) in [6, 6.07) is 8.42. The van der Waals surface area contributed by atoms with Gasteiger partial charge in [0.2, 0.25) is 0 Å². The van der Waals surface area contributed by atoms with Crippen LogP contribution < -0.4 is 5.32 Å². The van der Waals surface area contributed by atoms with Gasteiger partial charge in [-0.05, 0) is 43.9 Å². The smallest absolute Gasteiger partial charge is 0.0453 e. The third-order valence-corrected chi connectivity index (χ3v) is 3.13. The fourth-order valence-corrected chi connectivity index (χ4v) is 1.90. The Labute approximate surface area is 90.5 Å². The van der Waals surface area contributed by atoms with Crippen LogP contribution in [0.25, 0.3) is 0 Å². The van der Waals surface area contributed by atoms with E-state index in [2.05, 4.69) is 18.3 Å². The van der Waals surface area contributed by atoms with Gasteiger partial charge in [0.1, 0.15) is 0 Å². The van der Waals surface area contributed by atoms with Gasteiger partial charge in [0.05, 0.1) is 0 Å². The van der Waals surface area contributed by atoms with Crippen molar-refractivity contribution < 1.29 is 0 Å². The van der Waals surface area contributed by atoms with Gasteiger partial charge in [0.25, 0.3) is 0 Å². The van der Waals surface area contributed by atoms with Crippen molar-refractivity contribution in [2.75, 3.05) is 6.54 Å². The van der Waals surface area contributed by atoms with Crippen LogP contribution in [0.3, 0.4) is 0 Å². The van der Waals surface area contributed by atoms with Crippen molar-refractivity contribution in [1.82, 2.24) is 5.32 Å². The quantitative estimate of drug-likeness (QED) is 0.802. The van der Waals surface area contributed by atoms with Crippen LogP contribution in [0.1, 0.15) is 31.4 Å². The minimum Gasteiger partial charge on any atom is -0.310 e. The molecule has 2 rings (SSSR count). The molecule has 0 bridgehead atoms. The molecule has 0 unspecified atom stereocenters. The molecule has 0 spiro atoms. The van der Waals surface area contributed by atoms with E-state index >= 15 is 0 Å². The molecule has 0 radical (unpaired) electrons. The Balaban J connectivity index is 1.95. The van der Waals surface area contributed by atoms with Crippen LogP contribution in [0, 0.1) is 5.92 Å². The van der Waals surface area contributed by atoms with Gasteiger partial charge in [-0.25, -0.2) is 0 Å². The second-order valence-corrected chi connectivity index (χ2v) is 4.50. The van der Waals surface area contributed by atoms with Crippen molar-refractivity contribution in [3.63, 3.8) is 0 Å². The lowest BCUT2D eigenvalue weighted by Gasteiger charge is -2.15. The molecular weight excluding hydrogens is 194 g/mol. The van der Waals surface area contributed by atoms with Crippen LogP contribution in [-0.4, -0.2) is 6.54 Å². The fraction of sp³-hybridized carbons (Fsp3) is 0.500. The van der Waals surface area contributed by atoms with Gasteiger partial charge in [0.15, 0.2) is 0 Å². The van der Waals surface area contributed by atoms with Crippen LogP contribution in [0.4, 0.5) is 0 Å². The highest BCUT2D eigenvalue weighted by atomic mass is 35.5. The normalized spacial score (nSPS) is 18.1. The molecule has 1 fully saturated rings. The second-order valence-electron chi connectivity index (χ2n) is 4.09. The SMILES string of the molecule is C[C@@H](NCC1CC1)c1ccccc1Cl. The van der Waals surface area contributed by atoms with Crippen LogP contribution in [0.15, 0.2) is 24.3 Å². The summed E-state index contributed by atoms with van der Waals surface area (Å²) in [6.45, 7) is 3.30. The monoisotopic (exact) mass is 209 g/mol. The molecule has 1 nitrogen and oxygen atoms in total. The number of nitrogens with one attached hydrogen (secondary N) is 1. The van der Waals surface area contributed by atoms with Crippen LogP contribution in [0.5, 0.6) is 0 Å². The molecule has 0 saturated heterocycles. The topological polar surface area (TPSA) is 12.0 Å². The van der Waals surface area contributed by atoms with Crippen LogP contribution in [0.2, 0.25) is 5.02 Å². The van der Waals surface area contributed by atoms with Crippen LogP contribution in [-0.2, 0) is 0 Å². The Bertz CT molecular complexity index is 307. The van der Waals surface area contributed by atoms with Gasteiger partial charge in [0, 0.05) is 11.1 Å². The number of benzene rings is 1. The molecule has 0 aliphatic heterocycles. The molecule has 1 aromatic rings. The fourth-order valence-electron chi connectivity index (χ4n) is 1.60. The van der Waals surface area contributed by atoms with Gasteiger partial charge in [-0.1, -0.05) is 29.8 Å². The molecule has 0 heterocycles. The molecule has 1 saturated carbocycles. The average molecular weight is 210 g/mol. The van der Waals surface area contributed by atoms with E-state index in [1.165, 1.54) is 18.4 Å². The van der Waals surface area contributed by atoms with E-state index in [0.29, 0.717) is 6.04 Å². The summed E-state index contributed by atoms with van der Waals surface area (Å²) in [5.41, 5.74) is 1.20. The average Bonchev–Trinajstić information content (AvgIpc) is 2.98. The van der Waals surface area contributed by atoms with Crippen molar-refractivity contribution in [3.8, 4) is 0 Å². The van der Waals surface area contributed by atoms with Gasteiger partial charge >= 0.3 is 0 Å². The standard InChI is InChI=1S/C12H16ClN/c1-9(14-8-10-6-7-10)11-4-2-3-5-12(11)13/h2-5,9-10,14H,6-8H2,1H3/t9-/m1/s1. The molecule has 1 atom stereocenters. The lowest BCUT2D eigenvalue weighted by atomic mass is 10.1. The first kappa shape index (κ1) is 10.0. The van der Waals surface area contributed by atoms with Crippen molar-refractivity contribution in [3.05, 3.63) is 34.9 Å². The first-order valence-corrected chi connectivity index (χ1v) is 5.63. The third-order valence-electron chi connectivity index (χ3n) is 2.78. The van der Waals surface area contributed by atoms with E-state index in [1.54, 1.807) is 0 Å². The van der Waals surface area contributed by atoms with E-state index in [4.69, 9.17) is 11.6 Å². The predicted molar refractivity (Wildman–Crippen MR) is 60.6 cm³/mol. The number of hydrogen-bond acceptors (Lipinski definition) is 1. The zero-order valence-corrected chi connectivity index (χ0v) is 9.22. The summed E-state index contributed by atoms with van der Waals surface area (Å²) in [7, 11) is 0. The number of hydrogen-bond donors (Lipinski definition) is 1.